The molecule has 0 aliphatic carbocycles. The van der Waals surface area contributed by atoms with Gasteiger partial charge in [0.25, 0.3) is 5.91 Å². The zero-order chi connectivity index (χ0) is 14.6. The molecular formula is C14H20N2O3. The summed E-state index contributed by atoms with van der Waals surface area (Å²) in [7, 11) is 6.78. The summed E-state index contributed by atoms with van der Waals surface area (Å²) in [4.78, 5) is 26.6. The van der Waals surface area contributed by atoms with E-state index in [0.29, 0.717) is 5.56 Å². The number of carbonyl (C=O) groups excluding carboxylic acids is 2. The van der Waals surface area contributed by atoms with Gasteiger partial charge in [0.1, 0.15) is 6.54 Å². The lowest BCUT2D eigenvalue weighted by Gasteiger charge is -2.19. The molecule has 0 atom stereocenters. The van der Waals surface area contributed by atoms with E-state index in [1.54, 1.807) is 13.1 Å². The van der Waals surface area contributed by atoms with Gasteiger partial charge in [-0.1, -0.05) is 0 Å². The van der Waals surface area contributed by atoms with Crippen LogP contribution in [-0.2, 0) is 9.53 Å². The summed E-state index contributed by atoms with van der Waals surface area (Å²) in [5.74, 6) is -0.628. The number of anilines is 1. The molecule has 0 aromatic heterocycles. The number of methoxy groups -OCH3 is 1. The normalized spacial score (nSPS) is 9.95. The minimum absolute atomic E-state index is 0.0518. The number of rotatable bonds is 4. The monoisotopic (exact) mass is 264 g/mol. The molecule has 0 bridgehead atoms. The molecule has 0 radical (unpaired) electrons. The van der Waals surface area contributed by atoms with E-state index in [1.165, 1.54) is 12.0 Å². The van der Waals surface area contributed by atoms with Crippen LogP contribution in [0.2, 0.25) is 0 Å². The summed E-state index contributed by atoms with van der Waals surface area (Å²) in [6.07, 6.45) is 0. The average Bonchev–Trinajstić information content (AvgIpc) is 2.36. The Morgan fingerprint density at radius 1 is 1.21 bits per heavy atom. The van der Waals surface area contributed by atoms with Crippen molar-refractivity contribution < 1.29 is 14.3 Å². The van der Waals surface area contributed by atoms with E-state index in [2.05, 4.69) is 4.74 Å². The van der Waals surface area contributed by atoms with E-state index in [4.69, 9.17) is 0 Å². The van der Waals surface area contributed by atoms with Crippen LogP contribution in [0.15, 0.2) is 18.2 Å². The van der Waals surface area contributed by atoms with Crippen molar-refractivity contribution in [3.8, 4) is 0 Å². The number of likely N-dealkylation sites (N-methyl/N-ethyl adjacent to an activating group) is 1. The standard InChI is InChI=1S/C14H20N2O3/c1-10-8-11(6-7-12(10)15(2)3)14(18)16(4)9-13(17)19-5/h6-8H,9H2,1-5H3. The van der Waals surface area contributed by atoms with Gasteiger partial charge >= 0.3 is 5.97 Å². The molecule has 0 saturated heterocycles. The van der Waals surface area contributed by atoms with Gasteiger partial charge in [-0.3, -0.25) is 9.59 Å². The van der Waals surface area contributed by atoms with Gasteiger partial charge < -0.3 is 14.5 Å². The summed E-state index contributed by atoms with van der Waals surface area (Å²) >= 11 is 0. The topological polar surface area (TPSA) is 49.9 Å². The molecular weight excluding hydrogens is 244 g/mol. The van der Waals surface area contributed by atoms with Gasteiger partial charge in [0.05, 0.1) is 7.11 Å². The highest BCUT2D eigenvalue weighted by Gasteiger charge is 2.16. The molecule has 0 unspecified atom stereocenters. The average molecular weight is 264 g/mol. The molecule has 1 amide bonds. The van der Waals surface area contributed by atoms with E-state index in [-0.39, 0.29) is 12.5 Å². The molecule has 0 aliphatic heterocycles. The Labute approximate surface area is 113 Å². The van der Waals surface area contributed by atoms with Gasteiger partial charge in [-0.2, -0.15) is 0 Å². The van der Waals surface area contributed by atoms with Crippen molar-refractivity contribution in [2.24, 2.45) is 0 Å². The van der Waals surface area contributed by atoms with Crippen molar-refractivity contribution in [3.63, 3.8) is 0 Å². The highest BCUT2D eigenvalue weighted by Crippen LogP contribution is 2.19. The lowest BCUT2D eigenvalue weighted by Crippen LogP contribution is -2.32. The van der Waals surface area contributed by atoms with Crippen LogP contribution in [-0.4, -0.2) is 51.6 Å². The van der Waals surface area contributed by atoms with Gasteiger partial charge in [-0.15, -0.1) is 0 Å². The smallest absolute Gasteiger partial charge is 0.325 e. The van der Waals surface area contributed by atoms with E-state index < -0.39 is 5.97 Å². The maximum absolute atomic E-state index is 12.1. The Morgan fingerprint density at radius 2 is 1.84 bits per heavy atom. The molecule has 1 aromatic carbocycles. The third kappa shape index (κ3) is 3.71. The first kappa shape index (κ1) is 15.0. The number of benzene rings is 1. The number of esters is 1. The first-order chi connectivity index (χ1) is 8.86. The summed E-state index contributed by atoms with van der Waals surface area (Å²) in [6, 6.07) is 5.48. The molecule has 104 valence electrons. The largest absolute Gasteiger partial charge is 0.468 e. The van der Waals surface area contributed by atoms with E-state index in [1.807, 2.05) is 38.1 Å². The van der Waals surface area contributed by atoms with Crippen molar-refractivity contribution in [2.75, 3.05) is 39.7 Å². The second-order valence-electron chi connectivity index (χ2n) is 4.63. The molecule has 0 spiro atoms. The molecule has 1 rings (SSSR count). The van der Waals surface area contributed by atoms with Gasteiger partial charge in [0, 0.05) is 32.4 Å². The van der Waals surface area contributed by atoms with Crippen LogP contribution in [0.1, 0.15) is 15.9 Å². The summed E-state index contributed by atoms with van der Waals surface area (Å²) < 4.78 is 4.54. The fourth-order valence-electron chi connectivity index (χ4n) is 1.84. The molecule has 0 heterocycles. The van der Waals surface area contributed by atoms with Crippen molar-refractivity contribution in [2.45, 2.75) is 6.92 Å². The number of nitrogens with zero attached hydrogens (tertiary/aromatic N) is 2. The zero-order valence-electron chi connectivity index (χ0n) is 12.1. The van der Waals surface area contributed by atoms with Crippen LogP contribution in [0.25, 0.3) is 0 Å². The lowest BCUT2D eigenvalue weighted by atomic mass is 10.1. The van der Waals surface area contributed by atoms with Gasteiger partial charge in [0.15, 0.2) is 0 Å². The SMILES string of the molecule is COC(=O)CN(C)C(=O)c1ccc(N(C)C)c(C)c1. The number of aryl methyl sites for hydroxylation is 1. The molecule has 0 saturated carbocycles. The van der Waals surface area contributed by atoms with Gasteiger partial charge in [0.2, 0.25) is 0 Å². The fraction of sp³-hybridized carbons (Fsp3) is 0.429. The molecule has 19 heavy (non-hydrogen) atoms. The van der Waals surface area contributed by atoms with Crippen molar-refractivity contribution >= 4 is 17.6 Å². The van der Waals surface area contributed by atoms with E-state index in [9.17, 15) is 9.59 Å². The quantitative estimate of drug-likeness (QED) is 0.769. The number of amides is 1. The Kier molecular flexibility index (Phi) is 4.92. The second-order valence-corrected chi connectivity index (χ2v) is 4.63. The highest BCUT2D eigenvalue weighted by molar-refractivity contribution is 5.96. The van der Waals surface area contributed by atoms with Crippen LogP contribution < -0.4 is 4.90 Å². The Balaban J connectivity index is 2.89. The van der Waals surface area contributed by atoms with Crippen molar-refractivity contribution in [3.05, 3.63) is 29.3 Å². The van der Waals surface area contributed by atoms with Crippen molar-refractivity contribution in [1.29, 1.82) is 0 Å². The van der Waals surface area contributed by atoms with Gasteiger partial charge in [-0.05, 0) is 30.7 Å². The van der Waals surface area contributed by atoms with Crippen LogP contribution in [0.5, 0.6) is 0 Å². The Morgan fingerprint density at radius 3 is 2.32 bits per heavy atom. The zero-order valence-corrected chi connectivity index (χ0v) is 12.1. The minimum atomic E-state index is -0.433. The maximum Gasteiger partial charge on any atom is 0.325 e. The summed E-state index contributed by atoms with van der Waals surface area (Å²) in [5.41, 5.74) is 2.64. The molecule has 0 N–H and O–H groups in total. The van der Waals surface area contributed by atoms with Crippen LogP contribution in [0.3, 0.4) is 0 Å². The predicted octanol–water partition coefficient (Wildman–Crippen LogP) is 1.31. The van der Waals surface area contributed by atoms with Crippen LogP contribution in [0.4, 0.5) is 5.69 Å². The highest BCUT2D eigenvalue weighted by atomic mass is 16.5. The maximum atomic E-state index is 12.1. The fourth-order valence-corrected chi connectivity index (χ4v) is 1.84. The number of hydrogen-bond donors (Lipinski definition) is 0. The molecule has 0 fully saturated rings. The van der Waals surface area contributed by atoms with E-state index in [0.717, 1.165) is 11.3 Å². The first-order valence-corrected chi connectivity index (χ1v) is 5.97. The predicted molar refractivity (Wildman–Crippen MR) is 74.5 cm³/mol. The molecule has 0 aliphatic rings. The Hall–Kier alpha value is -2.04. The summed E-state index contributed by atoms with van der Waals surface area (Å²) in [5, 5.41) is 0. The number of carbonyl (C=O) groups is 2. The lowest BCUT2D eigenvalue weighted by molar-refractivity contribution is -0.141. The number of ether oxygens (including phenoxy) is 1. The van der Waals surface area contributed by atoms with E-state index >= 15 is 0 Å². The van der Waals surface area contributed by atoms with Crippen molar-refractivity contribution in [1.82, 2.24) is 4.90 Å². The molecule has 1 aromatic rings. The molecule has 5 heteroatoms. The third-order valence-corrected chi connectivity index (χ3v) is 2.87. The van der Waals surface area contributed by atoms with Crippen LogP contribution >= 0.6 is 0 Å². The number of hydrogen-bond acceptors (Lipinski definition) is 4. The third-order valence-electron chi connectivity index (χ3n) is 2.87. The molecule has 5 nitrogen and oxygen atoms in total. The summed E-state index contributed by atoms with van der Waals surface area (Å²) in [6.45, 7) is 1.90. The Bertz CT molecular complexity index is 484. The van der Waals surface area contributed by atoms with Gasteiger partial charge in [-0.25, -0.2) is 0 Å². The van der Waals surface area contributed by atoms with Crippen LogP contribution in [0, 0.1) is 6.92 Å². The minimum Gasteiger partial charge on any atom is -0.468 e. The first-order valence-electron chi connectivity index (χ1n) is 5.97. The second kappa shape index (κ2) is 6.22.